The molecule has 4 aromatic carbocycles. The average molecular weight is 563 g/mol. The monoisotopic (exact) mass is 562 g/mol. The summed E-state index contributed by atoms with van der Waals surface area (Å²) in [6, 6.07) is 25.6. The van der Waals surface area contributed by atoms with Crippen molar-refractivity contribution in [1.82, 2.24) is 5.01 Å². The standard InChI is InChI=1S/C32H26N4O6/c37-30(20-42-28-15-14-22-7-1-2-8-23(22)19-28)34-32(25-10-4-12-27(18-25)36(40)41)29-13-5-9-24(31(29)33-34)16-21-6-3-11-26(17-21)35(38)39/h1-4,6-8,10-12,14-19,29,32H,5,9,13,20H2. The molecule has 2 aliphatic rings. The topological polar surface area (TPSA) is 128 Å². The number of hydrogen-bond acceptors (Lipinski definition) is 7. The first kappa shape index (κ1) is 26.8. The number of fused-ring (bicyclic) bond motifs is 2. The number of carbonyl (C=O) groups is 1. The van der Waals surface area contributed by atoms with Gasteiger partial charge in [0.25, 0.3) is 17.3 Å². The lowest BCUT2D eigenvalue weighted by atomic mass is 9.77. The van der Waals surface area contributed by atoms with Crippen LogP contribution in [-0.2, 0) is 4.79 Å². The molecule has 0 aromatic heterocycles. The van der Waals surface area contributed by atoms with E-state index in [1.54, 1.807) is 24.3 Å². The van der Waals surface area contributed by atoms with Crippen LogP contribution >= 0.6 is 0 Å². The predicted molar refractivity (Wildman–Crippen MR) is 158 cm³/mol. The summed E-state index contributed by atoms with van der Waals surface area (Å²) in [5, 5.41) is 31.1. The molecule has 1 heterocycles. The van der Waals surface area contributed by atoms with Gasteiger partial charge in [-0.05, 0) is 64.9 Å². The predicted octanol–water partition coefficient (Wildman–Crippen LogP) is 6.86. The Labute approximate surface area is 240 Å². The summed E-state index contributed by atoms with van der Waals surface area (Å²) in [7, 11) is 0. The first-order valence-electron chi connectivity index (χ1n) is 13.6. The zero-order valence-corrected chi connectivity index (χ0v) is 22.5. The van der Waals surface area contributed by atoms with E-state index in [2.05, 4.69) is 0 Å². The van der Waals surface area contributed by atoms with Crippen LogP contribution in [0.4, 0.5) is 11.4 Å². The Morgan fingerprint density at radius 3 is 2.43 bits per heavy atom. The van der Waals surface area contributed by atoms with Crippen LogP contribution in [0.3, 0.4) is 0 Å². The van der Waals surface area contributed by atoms with Crippen LogP contribution in [0.2, 0.25) is 0 Å². The lowest BCUT2D eigenvalue weighted by molar-refractivity contribution is -0.385. The van der Waals surface area contributed by atoms with Gasteiger partial charge in [0, 0.05) is 30.2 Å². The van der Waals surface area contributed by atoms with E-state index in [1.165, 1.54) is 29.3 Å². The highest BCUT2D eigenvalue weighted by Crippen LogP contribution is 2.45. The van der Waals surface area contributed by atoms with Crippen molar-refractivity contribution in [2.75, 3.05) is 6.61 Å². The number of non-ortho nitro benzene ring substituents is 2. The molecular weight excluding hydrogens is 536 g/mol. The molecule has 0 N–H and O–H groups in total. The minimum Gasteiger partial charge on any atom is -0.484 e. The number of nitrogens with zero attached hydrogens (tertiary/aromatic N) is 4. The molecule has 42 heavy (non-hydrogen) atoms. The summed E-state index contributed by atoms with van der Waals surface area (Å²) in [4.78, 5) is 35.7. The molecule has 1 amide bonds. The highest BCUT2D eigenvalue weighted by molar-refractivity contribution is 6.08. The van der Waals surface area contributed by atoms with Crippen LogP contribution in [0, 0.1) is 26.1 Å². The number of benzene rings is 4. The zero-order chi connectivity index (χ0) is 29.2. The van der Waals surface area contributed by atoms with Crippen molar-refractivity contribution in [3.05, 3.63) is 128 Å². The van der Waals surface area contributed by atoms with Gasteiger partial charge in [-0.25, -0.2) is 5.01 Å². The van der Waals surface area contributed by atoms with Crippen LogP contribution in [0.15, 0.2) is 102 Å². The molecule has 1 fully saturated rings. The minimum atomic E-state index is -0.554. The zero-order valence-electron chi connectivity index (χ0n) is 22.5. The Hall–Kier alpha value is -5.38. The average Bonchev–Trinajstić information content (AvgIpc) is 3.41. The van der Waals surface area contributed by atoms with Crippen LogP contribution in [0.25, 0.3) is 16.8 Å². The number of rotatable bonds is 7. The second kappa shape index (κ2) is 11.2. The Morgan fingerprint density at radius 2 is 1.64 bits per heavy atom. The fourth-order valence-electron chi connectivity index (χ4n) is 5.76. The number of ether oxygens (including phenoxy) is 1. The SMILES string of the molecule is O=C(COc1ccc2ccccc2c1)N1N=C2C(=Cc3cccc([N+](=O)[O-])c3)CCCC2C1c1cccc([N+](=O)[O-])c1. The van der Waals surface area contributed by atoms with Gasteiger partial charge in [-0.1, -0.05) is 54.6 Å². The molecule has 2 unspecified atom stereocenters. The Balaban J connectivity index is 1.34. The van der Waals surface area contributed by atoms with Gasteiger partial charge in [-0.15, -0.1) is 0 Å². The summed E-state index contributed by atoms with van der Waals surface area (Å²) in [6.07, 6.45) is 4.11. The molecule has 0 saturated heterocycles. The summed E-state index contributed by atoms with van der Waals surface area (Å²) >= 11 is 0. The van der Waals surface area contributed by atoms with Crippen LogP contribution in [0.1, 0.15) is 36.4 Å². The van der Waals surface area contributed by atoms with Gasteiger partial charge in [0.2, 0.25) is 0 Å². The third-order valence-corrected chi connectivity index (χ3v) is 7.68. The van der Waals surface area contributed by atoms with E-state index in [0.29, 0.717) is 29.0 Å². The highest BCUT2D eigenvalue weighted by Gasteiger charge is 2.44. The quantitative estimate of drug-likeness (QED) is 0.179. The first-order valence-corrected chi connectivity index (χ1v) is 13.6. The van der Waals surface area contributed by atoms with Crippen molar-refractivity contribution < 1.29 is 19.4 Å². The second-order valence-corrected chi connectivity index (χ2v) is 10.3. The molecule has 2 atom stereocenters. The Morgan fingerprint density at radius 1 is 0.905 bits per heavy atom. The number of allylic oxidation sites excluding steroid dienone is 1. The lowest BCUT2D eigenvalue weighted by Gasteiger charge is -2.29. The summed E-state index contributed by atoms with van der Waals surface area (Å²) in [6.45, 7) is -0.267. The van der Waals surface area contributed by atoms with Crippen LogP contribution < -0.4 is 4.74 Å². The summed E-state index contributed by atoms with van der Waals surface area (Å²) < 4.78 is 5.90. The van der Waals surface area contributed by atoms with Gasteiger partial charge >= 0.3 is 0 Å². The van der Waals surface area contributed by atoms with E-state index < -0.39 is 15.9 Å². The van der Waals surface area contributed by atoms with Crippen molar-refractivity contribution in [2.45, 2.75) is 25.3 Å². The van der Waals surface area contributed by atoms with Crippen molar-refractivity contribution in [3.8, 4) is 5.75 Å². The number of hydrazone groups is 1. The number of nitro groups is 2. The van der Waals surface area contributed by atoms with E-state index in [4.69, 9.17) is 9.84 Å². The lowest BCUT2D eigenvalue weighted by Crippen LogP contribution is -2.34. The van der Waals surface area contributed by atoms with Gasteiger partial charge in [0.15, 0.2) is 6.61 Å². The maximum Gasteiger partial charge on any atom is 0.281 e. The molecule has 1 aliphatic carbocycles. The first-order chi connectivity index (χ1) is 20.4. The molecule has 4 aromatic rings. The summed E-state index contributed by atoms with van der Waals surface area (Å²) in [5.41, 5.74) is 2.80. The molecule has 10 nitrogen and oxygen atoms in total. The van der Waals surface area contributed by atoms with E-state index in [0.717, 1.165) is 29.2 Å². The van der Waals surface area contributed by atoms with Crippen molar-refractivity contribution in [1.29, 1.82) is 0 Å². The summed E-state index contributed by atoms with van der Waals surface area (Å²) in [5.74, 6) is -0.0314. The largest absolute Gasteiger partial charge is 0.484 e. The molecule has 0 spiro atoms. The van der Waals surface area contributed by atoms with Crippen LogP contribution in [-0.4, -0.2) is 33.1 Å². The van der Waals surface area contributed by atoms with E-state index >= 15 is 0 Å². The second-order valence-electron chi connectivity index (χ2n) is 10.3. The van der Waals surface area contributed by atoms with Gasteiger partial charge in [-0.2, -0.15) is 5.10 Å². The van der Waals surface area contributed by atoms with Crippen LogP contribution in [0.5, 0.6) is 5.75 Å². The molecule has 0 bridgehead atoms. The van der Waals surface area contributed by atoms with E-state index in [9.17, 15) is 25.0 Å². The van der Waals surface area contributed by atoms with Crippen molar-refractivity contribution in [2.24, 2.45) is 11.0 Å². The molecule has 6 rings (SSSR count). The Kier molecular flexibility index (Phi) is 7.18. The maximum absolute atomic E-state index is 13.7. The Bertz CT molecular complexity index is 1780. The number of carbonyl (C=O) groups excluding carboxylic acids is 1. The third kappa shape index (κ3) is 5.34. The fourth-order valence-corrected chi connectivity index (χ4v) is 5.76. The third-order valence-electron chi connectivity index (χ3n) is 7.68. The number of nitro benzene ring substituents is 2. The van der Waals surface area contributed by atoms with E-state index in [1.807, 2.05) is 48.5 Å². The van der Waals surface area contributed by atoms with Crippen molar-refractivity contribution >= 4 is 39.8 Å². The minimum absolute atomic E-state index is 0.0119. The molecule has 1 aliphatic heterocycles. The van der Waals surface area contributed by atoms with Gasteiger partial charge in [0.05, 0.1) is 21.6 Å². The molecular formula is C32H26N4O6. The molecule has 210 valence electrons. The van der Waals surface area contributed by atoms with Gasteiger partial charge in [-0.3, -0.25) is 25.0 Å². The molecule has 10 heteroatoms. The molecule has 0 radical (unpaired) electrons. The van der Waals surface area contributed by atoms with Gasteiger partial charge in [0.1, 0.15) is 5.75 Å². The smallest absolute Gasteiger partial charge is 0.281 e. The number of amides is 1. The van der Waals surface area contributed by atoms with E-state index in [-0.39, 0.29) is 29.8 Å². The number of hydrogen-bond donors (Lipinski definition) is 0. The fraction of sp³-hybridized carbons (Fsp3) is 0.188. The normalized spacial score (nSPS) is 18.9. The highest BCUT2D eigenvalue weighted by atomic mass is 16.6. The maximum atomic E-state index is 13.7. The molecule has 1 saturated carbocycles. The van der Waals surface area contributed by atoms with Crippen molar-refractivity contribution in [3.63, 3.8) is 0 Å². The van der Waals surface area contributed by atoms with Gasteiger partial charge < -0.3 is 4.74 Å².